The van der Waals surface area contributed by atoms with Crippen LogP contribution in [0.2, 0.25) is 0 Å². The van der Waals surface area contributed by atoms with Crippen LogP contribution in [0.25, 0.3) is 10.9 Å². The Morgan fingerprint density at radius 1 is 1.27 bits per heavy atom. The molecule has 30 heavy (non-hydrogen) atoms. The van der Waals surface area contributed by atoms with Gasteiger partial charge in [-0.3, -0.25) is 24.4 Å². The molecule has 0 spiro atoms. The predicted octanol–water partition coefficient (Wildman–Crippen LogP) is 1.88. The smallest absolute Gasteiger partial charge is 0.277 e. The van der Waals surface area contributed by atoms with Crippen molar-refractivity contribution in [3.8, 4) is 0 Å². The van der Waals surface area contributed by atoms with E-state index < -0.39 is 17.7 Å². The van der Waals surface area contributed by atoms with E-state index in [0.29, 0.717) is 18.1 Å². The molecule has 1 atom stereocenters. The third-order valence-corrected chi connectivity index (χ3v) is 5.64. The van der Waals surface area contributed by atoms with Gasteiger partial charge in [-0.25, -0.2) is 0 Å². The average molecular weight is 407 g/mol. The van der Waals surface area contributed by atoms with Crippen molar-refractivity contribution in [3.63, 3.8) is 0 Å². The van der Waals surface area contributed by atoms with Crippen molar-refractivity contribution in [2.45, 2.75) is 25.3 Å². The van der Waals surface area contributed by atoms with Crippen LogP contribution in [0.4, 0.5) is 5.82 Å². The van der Waals surface area contributed by atoms with E-state index in [-0.39, 0.29) is 19.0 Å². The summed E-state index contributed by atoms with van der Waals surface area (Å²) in [6, 6.07) is 11.0. The largest absolute Gasteiger partial charge is 0.381 e. The molecule has 9 heteroatoms. The number of para-hydroxylation sites is 1. The lowest BCUT2D eigenvalue weighted by atomic mass is 9.99. The number of H-pyrrole nitrogens is 1. The number of fused-ring (bicyclic) bond motifs is 3. The second-order valence-electron chi connectivity index (χ2n) is 7.63. The molecule has 154 valence electrons. The molecule has 5 rings (SSSR count). The Bertz CT molecular complexity index is 1140. The Hall–Kier alpha value is -3.46. The number of ether oxygens (including phenoxy) is 1. The summed E-state index contributed by atoms with van der Waals surface area (Å²) in [4.78, 5) is 38.9. The Kier molecular flexibility index (Phi) is 4.59. The van der Waals surface area contributed by atoms with Gasteiger partial charge >= 0.3 is 0 Å². The van der Waals surface area contributed by atoms with Crippen LogP contribution in [-0.2, 0) is 20.9 Å². The first kappa shape index (κ1) is 18.6. The lowest BCUT2D eigenvalue weighted by Gasteiger charge is -2.26. The van der Waals surface area contributed by atoms with Crippen LogP contribution in [0.3, 0.4) is 0 Å². The molecule has 9 nitrogen and oxygen atoms in total. The standard InChI is InChI=1S/C21H21N5O4/c27-19(22-18-9-15(23-24-18)14-5-3-7-30-12-14)10-26-20(28)11-25-16-6-2-1-4-13(16)8-17(25)21(26)29/h1-2,4,6,8-9,14H,3,5,7,10-12H2,(H2,22,23,24,27). The fourth-order valence-corrected chi connectivity index (χ4v) is 4.11. The quantitative estimate of drug-likeness (QED) is 0.642. The maximum absolute atomic E-state index is 12.9. The molecule has 3 aromatic rings. The van der Waals surface area contributed by atoms with E-state index in [1.54, 1.807) is 16.7 Å². The zero-order chi connectivity index (χ0) is 20.7. The molecular weight excluding hydrogens is 386 g/mol. The second kappa shape index (κ2) is 7.42. The van der Waals surface area contributed by atoms with Crippen LogP contribution in [-0.4, -0.2) is 57.1 Å². The monoisotopic (exact) mass is 407 g/mol. The fourth-order valence-electron chi connectivity index (χ4n) is 4.11. The molecule has 1 aromatic carbocycles. The number of carbonyl (C=O) groups is 3. The van der Waals surface area contributed by atoms with Crippen molar-refractivity contribution in [3.05, 3.63) is 47.8 Å². The summed E-state index contributed by atoms with van der Waals surface area (Å²) in [5.74, 6) is -0.763. The molecule has 0 saturated carbocycles. The molecule has 2 aliphatic heterocycles. The first-order chi connectivity index (χ1) is 14.6. The molecule has 3 amide bonds. The number of aromatic amines is 1. The minimum absolute atomic E-state index is 0.0239. The van der Waals surface area contributed by atoms with E-state index in [0.717, 1.165) is 40.9 Å². The van der Waals surface area contributed by atoms with Crippen LogP contribution < -0.4 is 5.32 Å². The van der Waals surface area contributed by atoms with Crippen LogP contribution >= 0.6 is 0 Å². The number of carbonyl (C=O) groups excluding carboxylic acids is 3. The van der Waals surface area contributed by atoms with Crippen LogP contribution in [0, 0.1) is 0 Å². The zero-order valence-corrected chi connectivity index (χ0v) is 16.3. The van der Waals surface area contributed by atoms with Crippen molar-refractivity contribution in [1.82, 2.24) is 19.7 Å². The number of hydrogen-bond donors (Lipinski definition) is 2. The van der Waals surface area contributed by atoms with E-state index in [1.807, 2.05) is 24.3 Å². The Morgan fingerprint density at radius 3 is 2.97 bits per heavy atom. The number of amides is 3. The van der Waals surface area contributed by atoms with Gasteiger partial charge in [0.1, 0.15) is 18.8 Å². The summed E-state index contributed by atoms with van der Waals surface area (Å²) in [7, 11) is 0. The molecule has 0 bridgehead atoms. The van der Waals surface area contributed by atoms with Crippen molar-refractivity contribution in [1.29, 1.82) is 0 Å². The summed E-state index contributed by atoms with van der Waals surface area (Å²) in [6.07, 6.45) is 1.99. The maximum atomic E-state index is 12.9. The van der Waals surface area contributed by atoms with Gasteiger partial charge in [-0.1, -0.05) is 18.2 Å². The zero-order valence-electron chi connectivity index (χ0n) is 16.3. The SMILES string of the molecule is O=C(CN1C(=O)Cn2c(cc3ccccc32)C1=O)Nc1cc(C2CCCOC2)[nH]n1. The lowest BCUT2D eigenvalue weighted by Crippen LogP contribution is -2.48. The van der Waals surface area contributed by atoms with Crippen LogP contribution in [0.15, 0.2) is 36.4 Å². The molecule has 2 N–H and O–H groups in total. The average Bonchev–Trinajstić information content (AvgIpc) is 3.37. The maximum Gasteiger partial charge on any atom is 0.277 e. The van der Waals surface area contributed by atoms with Gasteiger partial charge in [0.05, 0.1) is 6.61 Å². The third-order valence-electron chi connectivity index (χ3n) is 5.64. The second-order valence-corrected chi connectivity index (χ2v) is 7.63. The summed E-state index contributed by atoms with van der Waals surface area (Å²) < 4.78 is 7.18. The number of nitrogens with one attached hydrogen (secondary N) is 2. The summed E-state index contributed by atoms with van der Waals surface area (Å²) in [5, 5.41) is 10.6. The Balaban J connectivity index is 1.28. The fraction of sp³-hybridized carbons (Fsp3) is 0.333. The Morgan fingerprint density at radius 2 is 2.13 bits per heavy atom. The summed E-state index contributed by atoms with van der Waals surface area (Å²) in [6.45, 7) is 1.06. The molecular formula is C21H21N5O4. The van der Waals surface area contributed by atoms with Gasteiger partial charge in [0, 0.05) is 35.2 Å². The van der Waals surface area contributed by atoms with Crippen molar-refractivity contribution in [2.24, 2.45) is 0 Å². The molecule has 0 radical (unpaired) electrons. The van der Waals surface area contributed by atoms with Gasteiger partial charge in [0.25, 0.3) is 5.91 Å². The molecule has 1 fully saturated rings. The summed E-state index contributed by atoms with van der Waals surface area (Å²) in [5.41, 5.74) is 2.14. The highest BCUT2D eigenvalue weighted by Crippen LogP contribution is 2.26. The number of imide groups is 1. The van der Waals surface area contributed by atoms with Crippen molar-refractivity contribution in [2.75, 3.05) is 25.1 Å². The van der Waals surface area contributed by atoms with Crippen molar-refractivity contribution >= 4 is 34.4 Å². The third kappa shape index (κ3) is 3.26. The highest BCUT2D eigenvalue weighted by atomic mass is 16.5. The number of aromatic nitrogens is 3. The van der Waals surface area contributed by atoms with E-state index in [9.17, 15) is 14.4 Å². The number of nitrogens with zero attached hydrogens (tertiary/aromatic N) is 3. The van der Waals surface area contributed by atoms with Gasteiger partial charge in [0.2, 0.25) is 11.8 Å². The minimum atomic E-state index is -0.473. The molecule has 4 heterocycles. The Labute approximate surface area is 172 Å². The predicted molar refractivity (Wildman–Crippen MR) is 108 cm³/mol. The molecule has 2 aliphatic rings. The van der Waals surface area contributed by atoms with Crippen LogP contribution in [0.1, 0.15) is 34.9 Å². The van der Waals surface area contributed by atoms with Gasteiger partial charge in [0.15, 0.2) is 5.82 Å². The summed E-state index contributed by atoms with van der Waals surface area (Å²) >= 11 is 0. The number of hydrogen-bond acceptors (Lipinski definition) is 5. The molecule has 1 unspecified atom stereocenters. The van der Waals surface area contributed by atoms with Crippen molar-refractivity contribution < 1.29 is 19.1 Å². The number of rotatable bonds is 4. The highest BCUT2D eigenvalue weighted by molar-refractivity contribution is 6.11. The molecule has 0 aliphatic carbocycles. The normalized spacial score (nSPS) is 19.2. The van der Waals surface area contributed by atoms with E-state index in [4.69, 9.17) is 4.74 Å². The molecule has 2 aromatic heterocycles. The first-order valence-electron chi connectivity index (χ1n) is 9.96. The molecule has 1 saturated heterocycles. The number of benzene rings is 1. The topological polar surface area (TPSA) is 109 Å². The van der Waals surface area contributed by atoms with Gasteiger partial charge in [-0.05, 0) is 25.0 Å². The van der Waals surface area contributed by atoms with Gasteiger partial charge in [-0.15, -0.1) is 0 Å². The highest BCUT2D eigenvalue weighted by Gasteiger charge is 2.33. The minimum Gasteiger partial charge on any atom is -0.381 e. The lowest BCUT2D eigenvalue weighted by molar-refractivity contribution is -0.133. The van der Waals surface area contributed by atoms with E-state index in [2.05, 4.69) is 15.5 Å². The van der Waals surface area contributed by atoms with E-state index in [1.165, 1.54) is 0 Å². The van der Waals surface area contributed by atoms with Gasteiger partial charge in [-0.2, -0.15) is 5.10 Å². The van der Waals surface area contributed by atoms with E-state index >= 15 is 0 Å². The van der Waals surface area contributed by atoms with Crippen LogP contribution in [0.5, 0.6) is 0 Å². The van der Waals surface area contributed by atoms with Gasteiger partial charge < -0.3 is 14.6 Å². The number of anilines is 1. The first-order valence-corrected chi connectivity index (χ1v) is 9.96.